The van der Waals surface area contributed by atoms with Crippen LogP contribution in [0.4, 0.5) is 5.69 Å². The molecule has 2 heterocycles. The Bertz CT molecular complexity index is 1020. The van der Waals surface area contributed by atoms with E-state index in [4.69, 9.17) is 11.6 Å². The first-order chi connectivity index (χ1) is 13.1. The molecule has 1 saturated heterocycles. The molecule has 0 bridgehead atoms. The van der Waals surface area contributed by atoms with Crippen molar-refractivity contribution >= 4 is 34.1 Å². The third kappa shape index (κ3) is 3.46. The highest BCUT2D eigenvalue weighted by atomic mass is 35.5. The molecule has 1 aliphatic rings. The molecule has 0 atom stereocenters. The van der Waals surface area contributed by atoms with Crippen molar-refractivity contribution in [3.8, 4) is 5.88 Å². The quantitative estimate of drug-likeness (QED) is 0.647. The summed E-state index contributed by atoms with van der Waals surface area (Å²) in [5.74, 6) is -0.532. The molecular weight excluding hydrogens is 364 g/mol. The summed E-state index contributed by atoms with van der Waals surface area (Å²) in [6, 6.07) is 14.3. The summed E-state index contributed by atoms with van der Waals surface area (Å²) < 4.78 is 1.81. The van der Waals surface area contributed by atoms with Crippen LogP contribution in [0.5, 0.6) is 5.88 Å². The molecule has 4 rings (SSSR count). The highest BCUT2D eigenvalue weighted by Crippen LogP contribution is 2.39. The number of halogens is 1. The Labute approximate surface area is 161 Å². The third-order valence-corrected chi connectivity index (χ3v) is 5.13. The Morgan fingerprint density at radius 1 is 1.07 bits per heavy atom. The van der Waals surface area contributed by atoms with Crippen LogP contribution in [-0.2, 0) is 6.67 Å². The number of fused-ring (bicyclic) bond motifs is 1. The number of amides is 1. The van der Waals surface area contributed by atoms with Crippen LogP contribution in [0.1, 0.15) is 23.2 Å². The first kappa shape index (κ1) is 17.7. The van der Waals surface area contributed by atoms with Crippen molar-refractivity contribution in [1.29, 1.82) is 0 Å². The standard InChI is InChI=1S/C20H19ClN4O2/c21-16-9-3-1-7-14(16)19(26)23-22-18-15-8-2-4-10-17(15)25(20(18)27)13-24-11-5-6-12-24/h1-4,7-10,27H,5-6,11-13H2. The number of aromatic hydroxyl groups is 1. The average Bonchev–Trinajstić information content (AvgIpc) is 3.28. The van der Waals surface area contributed by atoms with Crippen molar-refractivity contribution in [3.63, 3.8) is 0 Å². The second kappa shape index (κ2) is 7.50. The van der Waals surface area contributed by atoms with Gasteiger partial charge in [-0.15, -0.1) is 10.2 Å². The molecule has 0 spiro atoms. The van der Waals surface area contributed by atoms with Crippen LogP contribution in [0.15, 0.2) is 58.8 Å². The fourth-order valence-electron chi connectivity index (χ4n) is 3.42. The number of para-hydroxylation sites is 1. The first-order valence-electron chi connectivity index (χ1n) is 8.88. The molecular formula is C20H19ClN4O2. The maximum Gasteiger partial charge on any atom is 0.296 e. The molecule has 1 fully saturated rings. The summed E-state index contributed by atoms with van der Waals surface area (Å²) in [5.41, 5.74) is 1.44. The Morgan fingerprint density at radius 3 is 2.56 bits per heavy atom. The Morgan fingerprint density at radius 2 is 1.78 bits per heavy atom. The number of likely N-dealkylation sites (tertiary alicyclic amines) is 1. The summed E-state index contributed by atoms with van der Waals surface area (Å²) in [7, 11) is 0. The molecule has 1 N–H and O–H groups in total. The number of carbonyl (C=O) groups is 1. The Hall–Kier alpha value is -2.70. The minimum absolute atomic E-state index is 0.0128. The fourth-order valence-corrected chi connectivity index (χ4v) is 3.64. The van der Waals surface area contributed by atoms with Crippen LogP contribution in [0.3, 0.4) is 0 Å². The van der Waals surface area contributed by atoms with Crippen molar-refractivity contribution < 1.29 is 9.90 Å². The maximum absolute atomic E-state index is 12.3. The zero-order chi connectivity index (χ0) is 18.8. The predicted molar refractivity (Wildman–Crippen MR) is 105 cm³/mol. The molecule has 1 aliphatic heterocycles. The van der Waals surface area contributed by atoms with Crippen LogP contribution in [0, 0.1) is 0 Å². The molecule has 138 valence electrons. The largest absolute Gasteiger partial charge is 0.493 e. The number of carbonyl (C=O) groups excluding carboxylic acids is 1. The number of azo groups is 1. The van der Waals surface area contributed by atoms with Crippen LogP contribution in [-0.4, -0.2) is 33.6 Å². The van der Waals surface area contributed by atoms with E-state index in [1.807, 2.05) is 28.8 Å². The van der Waals surface area contributed by atoms with E-state index >= 15 is 0 Å². The van der Waals surface area contributed by atoms with Gasteiger partial charge in [-0.3, -0.25) is 14.3 Å². The van der Waals surface area contributed by atoms with Crippen LogP contribution < -0.4 is 0 Å². The van der Waals surface area contributed by atoms with Gasteiger partial charge in [-0.05, 0) is 44.1 Å². The molecule has 6 nitrogen and oxygen atoms in total. The average molecular weight is 383 g/mol. The number of hydrogen-bond acceptors (Lipinski definition) is 4. The van der Waals surface area contributed by atoms with Gasteiger partial charge in [0.1, 0.15) is 0 Å². The van der Waals surface area contributed by atoms with Gasteiger partial charge in [-0.25, -0.2) is 0 Å². The van der Waals surface area contributed by atoms with E-state index in [1.165, 1.54) is 12.8 Å². The second-order valence-electron chi connectivity index (χ2n) is 6.57. The number of benzene rings is 2. The second-order valence-corrected chi connectivity index (χ2v) is 6.98. The van der Waals surface area contributed by atoms with E-state index in [2.05, 4.69) is 15.1 Å². The topological polar surface area (TPSA) is 70.2 Å². The lowest BCUT2D eigenvalue weighted by molar-refractivity contribution is 0.0995. The first-order valence-corrected chi connectivity index (χ1v) is 9.26. The molecule has 2 aromatic carbocycles. The van der Waals surface area contributed by atoms with E-state index in [-0.39, 0.29) is 11.4 Å². The third-order valence-electron chi connectivity index (χ3n) is 4.80. The lowest BCUT2D eigenvalue weighted by Gasteiger charge is -2.17. The van der Waals surface area contributed by atoms with Gasteiger partial charge in [-0.1, -0.05) is 41.9 Å². The van der Waals surface area contributed by atoms with Crippen LogP contribution in [0.2, 0.25) is 5.02 Å². The van der Waals surface area contributed by atoms with Gasteiger partial charge >= 0.3 is 0 Å². The Kier molecular flexibility index (Phi) is 4.92. The van der Waals surface area contributed by atoms with E-state index in [0.717, 1.165) is 24.0 Å². The lowest BCUT2D eigenvalue weighted by atomic mass is 10.2. The molecule has 0 aliphatic carbocycles. The number of rotatable bonds is 4. The highest BCUT2D eigenvalue weighted by molar-refractivity contribution is 6.33. The predicted octanol–water partition coefficient (Wildman–Crippen LogP) is 4.98. The maximum atomic E-state index is 12.3. The fraction of sp³-hybridized carbons (Fsp3) is 0.250. The number of nitrogens with zero attached hydrogens (tertiary/aromatic N) is 4. The zero-order valence-corrected chi connectivity index (χ0v) is 15.4. The molecule has 3 aromatic rings. The normalized spacial score (nSPS) is 15.1. The number of hydrogen-bond donors (Lipinski definition) is 1. The SMILES string of the molecule is O=C(N=Nc1c(O)n(CN2CCCC2)c2ccccc12)c1ccccc1Cl. The summed E-state index contributed by atoms with van der Waals surface area (Å²) in [4.78, 5) is 14.6. The van der Waals surface area contributed by atoms with Gasteiger partial charge in [0.2, 0.25) is 5.88 Å². The highest BCUT2D eigenvalue weighted by Gasteiger charge is 2.20. The van der Waals surface area contributed by atoms with Gasteiger partial charge < -0.3 is 5.11 Å². The van der Waals surface area contributed by atoms with Crippen LogP contribution in [0.25, 0.3) is 10.9 Å². The van der Waals surface area contributed by atoms with Crippen molar-refractivity contribution in [2.24, 2.45) is 10.2 Å². The molecule has 0 radical (unpaired) electrons. The zero-order valence-electron chi connectivity index (χ0n) is 14.7. The van der Waals surface area contributed by atoms with E-state index < -0.39 is 5.91 Å². The molecule has 27 heavy (non-hydrogen) atoms. The van der Waals surface area contributed by atoms with Gasteiger partial charge in [0.05, 0.1) is 22.8 Å². The van der Waals surface area contributed by atoms with E-state index in [0.29, 0.717) is 17.4 Å². The van der Waals surface area contributed by atoms with Gasteiger partial charge in [0.25, 0.3) is 5.91 Å². The summed E-state index contributed by atoms with van der Waals surface area (Å²) in [6.45, 7) is 2.60. The minimum Gasteiger partial charge on any atom is -0.493 e. The molecule has 1 amide bonds. The van der Waals surface area contributed by atoms with Crippen molar-refractivity contribution in [2.75, 3.05) is 13.1 Å². The van der Waals surface area contributed by atoms with Crippen LogP contribution >= 0.6 is 11.6 Å². The molecule has 0 saturated carbocycles. The van der Waals surface area contributed by atoms with Gasteiger partial charge in [0.15, 0.2) is 5.69 Å². The monoisotopic (exact) mass is 382 g/mol. The van der Waals surface area contributed by atoms with Crippen molar-refractivity contribution in [2.45, 2.75) is 19.5 Å². The van der Waals surface area contributed by atoms with E-state index in [1.54, 1.807) is 24.3 Å². The molecule has 1 aromatic heterocycles. The van der Waals surface area contributed by atoms with Crippen molar-refractivity contribution in [3.05, 3.63) is 59.1 Å². The summed E-state index contributed by atoms with van der Waals surface area (Å²) in [5, 5.41) is 19.7. The Balaban J connectivity index is 1.70. The van der Waals surface area contributed by atoms with Gasteiger partial charge in [0, 0.05) is 5.39 Å². The molecule has 7 heteroatoms. The summed E-state index contributed by atoms with van der Waals surface area (Å²) >= 11 is 6.04. The molecule has 0 unspecified atom stereocenters. The van der Waals surface area contributed by atoms with Gasteiger partial charge in [-0.2, -0.15) is 0 Å². The number of aromatic nitrogens is 1. The smallest absolute Gasteiger partial charge is 0.296 e. The summed E-state index contributed by atoms with van der Waals surface area (Å²) in [6.07, 6.45) is 2.33. The van der Waals surface area contributed by atoms with E-state index in [9.17, 15) is 9.90 Å². The lowest BCUT2D eigenvalue weighted by Crippen LogP contribution is -2.22. The minimum atomic E-state index is -0.545. The van der Waals surface area contributed by atoms with Crippen molar-refractivity contribution in [1.82, 2.24) is 9.47 Å².